The minimum atomic E-state index is -1.01. The quantitative estimate of drug-likeness (QED) is 0.710. The first-order chi connectivity index (χ1) is 6.46. The second-order valence-electron chi connectivity index (χ2n) is 4.12. The fourth-order valence-electron chi connectivity index (χ4n) is 1.26. The fourth-order valence-corrected chi connectivity index (χ4v) is 1.26. The molecule has 1 nitrogen and oxygen atoms in total. The van der Waals surface area contributed by atoms with E-state index in [0.717, 1.165) is 0 Å². The van der Waals surface area contributed by atoms with Crippen LogP contribution in [0.2, 0.25) is 0 Å². The minimum Gasteiger partial charge on any atom is -0.460 e. The Morgan fingerprint density at radius 3 is 2.43 bits per heavy atom. The standard InChI is InChI=1S/C11H14F2O/c1-11(2,3)8-5-4-6-9(10(8)13)14-7-12/h4-6H,7H2,1-3H3. The van der Waals surface area contributed by atoms with Crippen LogP contribution in [0, 0.1) is 5.82 Å². The van der Waals surface area contributed by atoms with Gasteiger partial charge in [-0.15, -0.1) is 0 Å². The third-order valence-corrected chi connectivity index (χ3v) is 1.98. The average molecular weight is 200 g/mol. The first-order valence-corrected chi connectivity index (χ1v) is 4.44. The summed E-state index contributed by atoms with van der Waals surface area (Å²) in [6.45, 7) is 4.67. The summed E-state index contributed by atoms with van der Waals surface area (Å²) >= 11 is 0. The van der Waals surface area contributed by atoms with Crippen LogP contribution in [-0.4, -0.2) is 6.86 Å². The molecule has 0 aliphatic heterocycles. The van der Waals surface area contributed by atoms with E-state index in [1.165, 1.54) is 6.07 Å². The number of rotatable bonds is 2. The Balaban J connectivity index is 3.14. The van der Waals surface area contributed by atoms with Crippen LogP contribution in [0.5, 0.6) is 5.75 Å². The molecule has 78 valence electrons. The molecule has 0 heterocycles. The monoisotopic (exact) mass is 200 g/mol. The maximum atomic E-state index is 13.7. The van der Waals surface area contributed by atoms with E-state index in [4.69, 9.17) is 0 Å². The molecule has 0 spiro atoms. The molecule has 0 aliphatic carbocycles. The summed E-state index contributed by atoms with van der Waals surface area (Å²) in [5.41, 5.74) is 0.225. The zero-order valence-electron chi connectivity index (χ0n) is 8.60. The zero-order valence-corrected chi connectivity index (χ0v) is 8.60. The third-order valence-electron chi connectivity index (χ3n) is 1.98. The number of hydrogen-bond acceptors (Lipinski definition) is 1. The van der Waals surface area contributed by atoms with Crippen LogP contribution in [0.4, 0.5) is 8.78 Å². The lowest BCUT2D eigenvalue weighted by molar-refractivity contribution is 0.183. The molecule has 0 aromatic heterocycles. The number of ether oxygens (including phenoxy) is 1. The van der Waals surface area contributed by atoms with Gasteiger partial charge in [-0.1, -0.05) is 32.9 Å². The first kappa shape index (κ1) is 11.0. The molecule has 0 aliphatic rings. The average Bonchev–Trinajstić information content (AvgIpc) is 2.07. The molecule has 0 saturated carbocycles. The van der Waals surface area contributed by atoms with Crippen LogP contribution < -0.4 is 4.74 Å². The van der Waals surface area contributed by atoms with Gasteiger partial charge in [0, 0.05) is 0 Å². The largest absolute Gasteiger partial charge is 0.460 e. The van der Waals surface area contributed by atoms with Gasteiger partial charge in [0.2, 0.25) is 6.86 Å². The van der Waals surface area contributed by atoms with E-state index in [-0.39, 0.29) is 11.2 Å². The second kappa shape index (κ2) is 3.95. The highest BCUT2D eigenvalue weighted by atomic mass is 19.1. The SMILES string of the molecule is CC(C)(C)c1cccc(OCF)c1F. The van der Waals surface area contributed by atoms with Crippen molar-refractivity contribution >= 4 is 0 Å². The molecule has 0 N–H and O–H groups in total. The highest BCUT2D eigenvalue weighted by Crippen LogP contribution is 2.30. The predicted octanol–water partition coefficient (Wildman–Crippen LogP) is 3.43. The summed E-state index contributed by atoms with van der Waals surface area (Å²) in [6.07, 6.45) is 0. The van der Waals surface area contributed by atoms with E-state index >= 15 is 0 Å². The van der Waals surface area contributed by atoms with Gasteiger partial charge in [-0.25, -0.2) is 8.78 Å². The van der Waals surface area contributed by atoms with Crippen molar-refractivity contribution in [3.63, 3.8) is 0 Å². The van der Waals surface area contributed by atoms with Crippen molar-refractivity contribution in [2.75, 3.05) is 6.86 Å². The molecular formula is C11H14F2O. The van der Waals surface area contributed by atoms with E-state index in [9.17, 15) is 8.78 Å². The molecule has 0 unspecified atom stereocenters. The molecule has 0 amide bonds. The Morgan fingerprint density at radius 1 is 1.29 bits per heavy atom. The van der Waals surface area contributed by atoms with Crippen LogP contribution in [0.1, 0.15) is 26.3 Å². The summed E-state index contributed by atoms with van der Waals surface area (Å²) in [7, 11) is 0. The molecule has 0 bridgehead atoms. The molecule has 0 radical (unpaired) electrons. The first-order valence-electron chi connectivity index (χ1n) is 4.44. The Morgan fingerprint density at radius 2 is 1.93 bits per heavy atom. The maximum absolute atomic E-state index is 13.7. The molecular weight excluding hydrogens is 186 g/mol. The van der Waals surface area contributed by atoms with Crippen molar-refractivity contribution in [3.05, 3.63) is 29.6 Å². The molecule has 1 rings (SSSR count). The normalized spacial score (nSPS) is 11.5. The van der Waals surface area contributed by atoms with E-state index in [0.29, 0.717) is 5.56 Å². The van der Waals surface area contributed by atoms with Gasteiger partial charge in [0.25, 0.3) is 0 Å². The lowest BCUT2D eigenvalue weighted by atomic mass is 9.86. The second-order valence-corrected chi connectivity index (χ2v) is 4.12. The summed E-state index contributed by atoms with van der Waals surface area (Å²) in [6, 6.07) is 4.76. The molecule has 0 saturated heterocycles. The van der Waals surface area contributed by atoms with E-state index in [1.54, 1.807) is 12.1 Å². The summed E-state index contributed by atoms with van der Waals surface area (Å²) in [5, 5.41) is 0. The van der Waals surface area contributed by atoms with Crippen molar-refractivity contribution < 1.29 is 13.5 Å². The van der Waals surface area contributed by atoms with Gasteiger partial charge in [-0.3, -0.25) is 0 Å². The lowest BCUT2D eigenvalue weighted by Crippen LogP contribution is -2.14. The Kier molecular flexibility index (Phi) is 3.09. The predicted molar refractivity (Wildman–Crippen MR) is 51.7 cm³/mol. The maximum Gasteiger partial charge on any atom is 0.228 e. The molecule has 1 aromatic carbocycles. The molecule has 0 atom stereocenters. The van der Waals surface area contributed by atoms with Crippen molar-refractivity contribution in [2.24, 2.45) is 0 Å². The Hall–Kier alpha value is -1.12. The number of halogens is 2. The highest BCUT2D eigenvalue weighted by Gasteiger charge is 2.20. The van der Waals surface area contributed by atoms with Crippen LogP contribution in [-0.2, 0) is 5.41 Å². The van der Waals surface area contributed by atoms with Gasteiger partial charge in [-0.05, 0) is 17.0 Å². The summed E-state index contributed by atoms with van der Waals surface area (Å²) in [5.74, 6) is -0.502. The number of benzene rings is 1. The number of hydrogen-bond donors (Lipinski definition) is 0. The van der Waals surface area contributed by atoms with Gasteiger partial charge < -0.3 is 4.74 Å². The molecule has 14 heavy (non-hydrogen) atoms. The van der Waals surface area contributed by atoms with Crippen LogP contribution in [0.15, 0.2) is 18.2 Å². The summed E-state index contributed by atoms with van der Waals surface area (Å²) < 4.78 is 30.1. The third kappa shape index (κ3) is 2.22. The minimum absolute atomic E-state index is 0.0278. The van der Waals surface area contributed by atoms with Crippen molar-refractivity contribution in [3.8, 4) is 5.75 Å². The Bertz CT molecular complexity index is 316. The highest BCUT2D eigenvalue weighted by molar-refractivity contribution is 5.34. The van der Waals surface area contributed by atoms with Gasteiger partial charge in [0.15, 0.2) is 11.6 Å². The van der Waals surface area contributed by atoms with Crippen LogP contribution in [0.3, 0.4) is 0 Å². The van der Waals surface area contributed by atoms with Gasteiger partial charge in [-0.2, -0.15) is 0 Å². The number of alkyl halides is 1. The van der Waals surface area contributed by atoms with Gasteiger partial charge in [0.1, 0.15) is 0 Å². The van der Waals surface area contributed by atoms with Crippen molar-refractivity contribution in [1.29, 1.82) is 0 Å². The van der Waals surface area contributed by atoms with E-state index in [2.05, 4.69) is 4.74 Å². The van der Waals surface area contributed by atoms with E-state index in [1.807, 2.05) is 20.8 Å². The fraction of sp³-hybridized carbons (Fsp3) is 0.455. The Labute approximate surface area is 82.7 Å². The molecule has 3 heteroatoms. The lowest BCUT2D eigenvalue weighted by Gasteiger charge is -2.20. The molecule has 1 aromatic rings. The van der Waals surface area contributed by atoms with Gasteiger partial charge >= 0.3 is 0 Å². The van der Waals surface area contributed by atoms with Crippen LogP contribution >= 0.6 is 0 Å². The smallest absolute Gasteiger partial charge is 0.228 e. The molecule has 0 fully saturated rings. The van der Waals surface area contributed by atoms with E-state index < -0.39 is 12.7 Å². The van der Waals surface area contributed by atoms with Crippen molar-refractivity contribution in [1.82, 2.24) is 0 Å². The zero-order chi connectivity index (χ0) is 10.8. The summed E-state index contributed by atoms with van der Waals surface area (Å²) in [4.78, 5) is 0. The van der Waals surface area contributed by atoms with Crippen molar-refractivity contribution in [2.45, 2.75) is 26.2 Å². The van der Waals surface area contributed by atoms with Gasteiger partial charge in [0.05, 0.1) is 0 Å². The topological polar surface area (TPSA) is 9.23 Å². The van der Waals surface area contributed by atoms with Crippen LogP contribution in [0.25, 0.3) is 0 Å².